The van der Waals surface area contributed by atoms with Gasteiger partial charge in [0.1, 0.15) is 5.57 Å². The summed E-state index contributed by atoms with van der Waals surface area (Å²) in [5.74, 6) is -1.85. The van der Waals surface area contributed by atoms with Crippen molar-refractivity contribution in [3.05, 3.63) is 42.0 Å². The van der Waals surface area contributed by atoms with E-state index in [1.807, 2.05) is 25.1 Å². The highest BCUT2D eigenvalue weighted by atomic mass is 16.4. The van der Waals surface area contributed by atoms with Gasteiger partial charge in [-0.2, -0.15) is 0 Å². The highest BCUT2D eigenvalue weighted by Crippen LogP contribution is 2.15. The lowest BCUT2D eigenvalue weighted by Gasteiger charge is -2.13. The average Bonchev–Trinajstić information content (AvgIpc) is 2.27. The molecule has 0 atom stereocenters. The number of rotatable bonds is 4. The molecule has 0 unspecified atom stereocenters. The minimum Gasteiger partial charge on any atom is -0.478 e. The number of Topliss-reactive ketones (excluding diaryl/α,β-unsaturated/α-hetero) is 1. The van der Waals surface area contributed by atoms with Gasteiger partial charge in [-0.1, -0.05) is 18.7 Å². The monoisotopic (exact) mass is 219 g/mol. The summed E-state index contributed by atoms with van der Waals surface area (Å²) in [6, 6.07) is 6.75. The highest BCUT2D eigenvalue weighted by Gasteiger charge is 2.16. The Balaban J connectivity index is 3.05. The number of ketones is 1. The fraction of sp³-hybridized carbons (Fsp3) is 0.167. The van der Waals surface area contributed by atoms with Crippen molar-refractivity contribution in [2.75, 3.05) is 19.0 Å². The smallest absolute Gasteiger partial charge is 0.339 e. The van der Waals surface area contributed by atoms with Crippen LogP contribution in [0.1, 0.15) is 10.4 Å². The van der Waals surface area contributed by atoms with E-state index in [0.29, 0.717) is 5.56 Å². The second kappa shape index (κ2) is 4.61. The van der Waals surface area contributed by atoms with Crippen molar-refractivity contribution >= 4 is 17.4 Å². The number of anilines is 1. The highest BCUT2D eigenvalue weighted by molar-refractivity contribution is 6.23. The van der Waals surface area contributed by atoms with Gasteiger partial charge in [0, 0.05) is 25.3 Å². The fourth-order valence-corrected chi connectivity index (χ4v) is 1.20. The molecule has 84 valence electrons. The van der Waals surface area contributed by atoms with Crippen LogP contribution in [0.5, 0.6) is 0 Å². The van der Waals surface area contributed by atoms with Gasteiger partial charge < -0.3 is 10.0 Å². The first-order chi connectivity index (χ1) is 7.43. The Kier molecular flexibility index (Phi) is 3.45. The Morgan fingerprint density at radius 1 is 1.31 bits per heavy atom. The van der Waals surface area contributed by atoms with E-state index in [2.05, 4.69) is 6.58 Å². The van der Waals surface area contributed by atoms with Crippen molar-refractivity contribution in [2.45, 2.75) is 0 Å². The van der Waals surface area contributed by atoms with Crippen LogP contribution in [-0.2, 0) is 4.79 Å². The zero-order valence-corrected chi connectivity index (χ0v) is 9.23. The molecular weight excluding hydrogens is 206 g/mol. The normalized spacial score (nSPS) is 9.62. The minimum absolute atomic E-state index is 0.332. The van der Waals surface area contributed by atoms with Crippen molar-refractivity contribution in [1.29, 1.82) is 0 Å². The van der Waals surface area contributed by atoms with Crippen molar-refractivity contribution in [3.63, 3.8) is 0 Å². The number of benzene rings is 1. The fourth-order valence-electron chi connectivity index (χ4n) is 1.20. The number of carbonyl (C=O) groups excluding carboxylic acids is 1. The predicted octanol–water partition coefficient (Wildman–Crippen LogP) is 1.58. The summed E-state index contributed by atoms with van der Waals surface area (Å²) in [6.07, 6.45) is 0. The summed E-state index contributed by atoms with van der Waals surface area (Å²) in [4.78, 5) is 24.1. The summed E-state index contributed by atoms with van der Waals surface area (Å²) < 4.78 is 0. The van der Waals surface area contributed by atoms with E-state index in [4.69, 9.17) is 5.11 Å². The zero-order chi connectivity index (χ0) is 12.3. The molecule has 1 N–H and O–H groups in total. The van der Waals surface area contributed by atoms with E-state index >= 15 is 0 Å². The molecule has 1 rings (SSSR count). The predicted molar refractivity (Wildman–Crippen MR) is 61.9 cm³/mol. The molecule has 0 saturated carbocycles. The molecule has 16 heavy (non-hydrogen) atoms. The van der Waals surface area contributed by atoms with E-state index in [-0.39, 0.29) is 0 Å². The Morgan fingerprint density at radius 3 is 2.44 bits per heavy atom. The quantitative estimate of drug-likeness (QED) is 0.361. The number of hydrogen-bond donors (Lipinski definition) is 1. The molecule has 0 spiro atoms. The summed E-state index contributed by atoms with van der Waals surface area (Å²) in [6.45, 7) is 3.24. The van der Waals surface area contributed by atoms with Crippen molar-refractivity contribution in [1.82, 2.24) is 0 Å². The molecule has 0 aliphatic heterocycles. The maximum absolute atomic E-state index is 11.7. The SMILES string of the molecule is C=C(C(=O)O)C(=O)c1cccc(N(C)C)c1. The third-order valence-electron chi connectivity index (χ3n) is 2.16. The third kappa shape index (κ3) is 2.48. The Hall–Kier alpha value is -2.10. The van der Waals surface area contributed by atoms with Crippen LogP contribution < -0.4 is 4.90 Å². The molecule has 0 amide bonds. The third-order valence-corrected chi connectivity index (χ3v) is 2.16. The van der Waals surface area contributed by atoms with Crippen LogP contribution in [0, 0.1) is 0 Å². The second-order valence-electron chi connectivity index (χ2n) is 3.56. The van der Waals surface area contributed by atoms with Gasteiger partial charge >= 0.3 is 5.97 Å². The Labute approximate surface area is 93.8 Å². The molecule has 1 aromatic carbocycles. The first kappa shape index (κ1) is 12.0. The molecule has 0 fully saturated rings. The summed E-state index contributed by atoms with van der Waals surface area (Å²) in [7, 11) is 3.69. The molecule has 0 aliphatic carbocycles. The molecule has 0 bridgehead atoms. The minimum atomic E-state index is -1.29. The summed E-state index contributed by atoms with van der Waals surface area (Å²) >= 11 is 0. The topological polar surface area (TPSA) is 57.6 Å². The van der Waals surface area contributed by atoms with Crippen LogP contribution in [0.3, 0.4) is 0 Å². The molecule has 0 radical (unpaired) electrons. The first-order valence-corrected chi connectivity index (χ1v) is 4.67. The van der Waals surface area contributed by atoms with E-state index in [1.165, 1.54) is 0 Å². The Bertz CT molecular complexity index is 449. The maximum atomic E-state index is 11.7. The second-order valence-corrected chi connectivity index (χ2v) is 3.56. The van der Waals surface area contributed by atoms with Crippen LogP contribution in [0.2, 0.25) is 0 Å². The van der Waals surface area contributed by atoms with Crippen LogP contribution in [0.25, 0.3) is 0 Å². The van der Waals surface area contributed by atoms with Crippen LogP contribution in [-0.4, -0.2) is 31.0 Å². The van der Waals surface area contributed by atoms with Gasteiger partial charge in [-0.25, -0.2) is 4.79 Å². The van der Waals surface area contributed by atoms with Crippen molar-refractivity contribution in [3.8, 4) is 0 Å². The molecule has 1 aromatic rings. The number of carboxylic acids is 1. The number of aliphatic carboxylic acids is 1. The summed E-state index contributed by atoms with van der Waals surface area (Å²) in [5.41, 5.74) is 0.749. The molecule has 4 nitrogen and oxygen atoms in total. The number of carbonyl (C=O) groups is 2. The molecule has 4 heteroatoms. The lowest BCUT2D eigenvalue weighted by molar-refractivity contribution is -0.132. The van der Waals surface area contributed by atoms with Gasteiger partial charge in [0.15, 0.2) is 5.78 Å². The zero-order valence-electron chi connectivity index (χ0n) is 9.23. The van der Waals surface area contributed by atoms with Gasteiger partial charge in [-0.15, -0.1) is 0 Å². The molecular formula is C12H13NO3. The largest absolute Gasteiger partial charge is 0.478 e. The van der Waals surface area contributed by atoms with Crippen molar-refractivity contribution in [2.24, 2.45) is 0 Å². The van der Waals surface area contributed by atoms with Gasteiger partial charge in [0.25, 0.3) is 0 Å². The van der Waals surface area contributed by atoms with E-state index < -0.39 is 17.3 Å². The van der Waals surface area contributed by atoms with Gasteiger partial charge in [0.2, 0.25) is 0 Å². The molecule has 0 aliphatic rings. The van der Waals surface area contributed by atoms with Crippen molar-refractivity contribution < 1.29 is 14.7 Å². The Morgan fingerprint density at radius 2 is 1.94 bits per heavy atom. The lowest BCUT2D eigenvalue weighted by atomic mass is 10.0. The van der Waals surface area contributed by atoms with Crippen LogP contribution in [0.4, 0.5) is 5.69 Å². The molecule has 0 heterocycles. The number of hydrogen-bond acceptors (Lipinski definition) is 3. The number of carboxylic acid groups (broad SMARTS) is 1. The van der Waals surface area contributed by atoms with Gasteiger partial charge in [-0.05, 0) is 12.1 Å². The average molecular weight is 219 g/mol. The lowest BCUT2D eigenvalue weighted by Crippen LogP contribution is -2.13. The van der Waals surface area contributed by atoms with Crippen LogP contribution in [0.15, 0.2) is 36.4 Å². The number of nitrogens with zero attached hydrogens (tertiary/aromatic N) is 1. The molecule has 0 saturated heterocycles. The van der Waals surface area contributed by atoms with E-state index in [9.17, 15) is 9.59 Å². The maximum Gasteiger partial charge on any atom is 0.339 e. The summed E-state index contributed by atoms with van der Waals surface area (Å²) in [5, 5.41) is 8.66. The van der Waals surface area contributed by atoms with E-state index in [1.54, 1.807) is 18.2 Å². The van der Waals surface area contributed by atoms with Crippen LogP contribution >= 0.6 is 0 Å². The first-order valence-electron chi connectivity index (χ1n) is 4.67. The van der Waals surface area contributed by atoms with Gasteiger partial charge in [0.05, 0.1) is 0 Å². The van der Waals surface area contributed by atoms with Gasteiger partial charge in [-0.3, -0.25) is 4.79 Å². The van der Waals surface area contributed by atoms with E-state index in [0.717, 1.165) is 5.69 Å². The molecule has 0 aromatic heterocycles. The standard InChI is InChI=1S/C12H13NO3/c1-8(12(15)16)11(14)9-5-4-6-10(7-9)13(2)3/h4-7H,1H2,2-3H3,(H,15,16).